The van der Waals surface area contributed by atoms with Crippen LogP contribution in [-0.2, 0) is 116 Å². The normalized spacial score (nSPS) is 16.3. The zero-order valence-electron chi connectivity index (χ0n) is 68.0. The van der Waals surface area contributed by atoms with Crippen molar-refractivity contribution in [1.29, 1.82) is 0 Å². The molecule has 1 radical (unpaired) electrons. The maximum atomic E-state index is 15.2. The lowest BCUT2D eigenvalue weighted by Crippen LogP contribution is -2.52. The third kappa shape index (κ3) is 31.5. The van der Waals surface area contributed by atoms with E-state index in [-0.39, 0.29) is 40.8 Å². The van der Waals surface area contributed by atoms with Crippen LogP contribution in [0, 0.1) is 0 Å². The minimum atomic E-state index is -1.95. The summed E-state index contributed by atoms with van der Waals surface area (Å²) in [4.78, 5) is 131. The predicted octanol–water partition coefficient (Wildman–Crippen LogP) is 12.7. The average Bonchev–Trinajstić information content (AvgIpc) is 1.61. The molecule has 0 unspecified atom stereocenters. The molecule has 30 heteroatoms. The number of nitrogens with one attached hydrogen (secondary N) is 1. The number of carboxylic acid groups (broad SMARTS) is 1. The third-order valence-corrected chi connectivity index (χ3v) is 18.4. The molecule has 2 aliphatic carbocycles. The zero-order chi connectivity index (χ0) is 84.2. The summed E-state index contributed by atoms with van der Waals surface area (Å²) in [7, 11) is 5.84. The van der Waals surface area contributed by atoms with Crippen LogP contribution >= 0.6 is 8.34 Å². The van der Waals surface area contributed by atoms with Gasteiger partial charge in [-0.2, -0.15) is 0 Å². The molecule has 6 atom stereocenters. The van der Waals surface area contributed by atoms with Crippen LogP contribution in [0.3, 0.4) is 0 Å². The van der Waals surface area contributed by atoms with Crippen LogP contribution in [0.1, 0.15) is 168 Å². The van der Waals surface area contributed by atoms with Crippen LogP contribution in [0.25, 0.3) is 11.1 Å². The van der Waals surface area contributed by atoms with Crippen molar-refractivity contribution in [2.45, 2.75) is 237 Å². The summed E-state index contributed by atoms with van der Waals surface area (Å²) in [6.45, 7) is 23.9. The fourth-order valence-electron chi connectivity index (χ4n) is 11.5. The Morgan fingerprint density at radius 1 is 0.540 bits per heavy atom. The summed E-state index contributed by atoms with van der Waals surface area (Å²) in [5.41, 5.74) is 0.126. The lowest BCUT2D eigenvalue weighted by atomic mass is 9.98. The molecule has 0 aromatic heterocycles. The number of esters is 6. The van der Waals surface area contributed by atoms with Gasteiger partial charge in [-0.15, -0.1) is 0 Å². The Labute approximate surface area is 664 Å². The molecule has 4 aromatic carbocycles. The number of benzene rings is 4. The number of ether oxygens (including phenoxy) is 10. The van der Waals surface area contributed by atoms with E-state index in [0.29, 0.717) is 57.7 Å². The lowest BCUT2D eigenvalue weighted by molar-refractivity contribution is -0.175. The fraction of sp³-hybridized carbons (Fsp3) is 0.542. The van der Waals surface area contributed by atoms with E-state index in [0.717, 1.165) is 51.1 Å². The first kappa shape index (κ1) is 94.2. The van der Waals surface area contributed by atoms with Crippen molar-refractivity contribution in [3.63, 3.8) is 0 Å². The number of carbonyl (C=O) groups excluding carboxylic acids is 9. The number of aliphatic carboxylic acids is 1. The van der Waals surface area contributed by atoms with Gasteiger partial charge in [0.1, 0.15) is 58.9 Å². The van der Waals surface area contributed by atoms with Gasteiger partial charge in [0.05, 0.1) is 34.8 Å². The highest BCUT2D eigenvalue weighted by Crippen LogP contribution is 2.44. The quantitative estimate of drug-likeness (QED) is 0.0205. The zero-order valence-corrected chi connectivity index (χ0v) is 68.9. The molecule has 8 rings (SSSR count). The molecule has 4 aliphatic rings. The number of rotatable bonds is 31. The third-order valence-electron chi connectivity index (χ3n) is 18.2. The highest BCUT2D eigenvalue weighted by molar-refractivity contribution is 7.60. The van der Waals surface area contributed by atoms with Crippen molar-refractivity contribution in [1.82, 2.24) is 20.0 Å². The smallest absolute Gasteiger partial charge is 0.410 e. The molecule has 2 N–H and O–H groups in total. The summed E-state index contributed by atoms with van der Waals surface area (Å²) in [6, 6.07) is 31.2. The molecule has 2 fully saturated rings. The van der Waals surface area contributed by atoms with Crippen LogP contribution in [0.15, 0.2) is 121 Å². The van der Waals surface area contributed by atoms with Crippen molar-refractivity contribution < 1.29 is 114 Å². The largest absolute Gasteiger partial charge is 0.479 e. The number of nitrogens with zero attached hydrogens (tertiary/aromatic N) is 3. The number of carbonyl (C=O) groups is 10. The van der Waals surface area contributed by atoms with Gasteiger partial charge >= 0.3 is 54.0 Å². The van der Waals surface area contributed by atoms with Crippen LogP contribution in [0.4, 0.5) is 18.4 Å². The molecule has 0 bridgehead atoms. The second kappa shape index (κ2) is 43.2. The molecule has 2 heterocycles. The minimum Gasteiger partial charge on any atom is -0.479 e. The number of likely N-dealkylation sites (N-methyl/N-ethyl adjacent to an activating group) is 4. The van der Waals surface area contributed by atoms with Crippen LogP contribution in [0.5, 0.6) is 0 Å². The molecule has 0 spiro atoms. The van der Waals surface area contributed by atoms with Gasteiger partial charge in [0, 0.05) is 46.8 Å². The highest BCUT2D eigenvalue weighted by atomic mass is 31.1. The first-order chi connectivity index (χ1) is 52.9. The maximum absolute atomic E-state index is 15.2. The van der Waals surface area contributed by atoms with Gasteiger partial charge < -0.3 is 62.7 Å². The molecule has 4 aromatic rings. The lowest BCUT2D eigenvalue weighted by Gasteiger charge is -2.33. The van der Waals surface area contributed by atoms with Gasteiger partial charge in [-0.05, 0) is 173 Å². The highest BCUT2D eigenvalue weighted by Gasteiger charge is 2.59. The number of alkyl halides is 2. The molecular weight excluding hydrogens is 1480 g/mol. The molecule has 617 valence electrons. The van der Waals surface area contributed by atoms with Crippen molar-refractivity contribution in [3.8, 4) is 0 Å². The number of amides is 3. The van der Waals surface area contributed by atoms with Gasteiger partial charge in [0.25, 0.3) is 5.91 Å². The number of hydrogen-bond acceptors (Lipinski definition) is 22. The summed E-state index contributed by atoms with van der Waals surface area (Å²) in [6.07, 6.45) is 0.126. The molecule has 3 amide bonds. The van der Waals surface area contributed by atoms with E-state index in [4.69, 9.17) is 52.5 Å². The average molecular weight is 1600 g/mol. The number of halogens is 2. The van der Waals surface area contributed by atoms with Crippen LogP contribution in [-0.4, -0.2) is 211 Å². The van der Waals surface area contributed by atoms with E-state index < -0.39 is 136 Å². The Balaban J connectivity index is 0.000000328. The molecule has 2 aliphatic heterocycles. The van der Waals surface area contributed by atoms with Gasteiger partial charge in [-0.3, -0.25) is 24.0 Å². The Kier molecular flexibility index (Phi) is 36.0. The van der Waals surface area contributed by atoms with Gasteiger partial charge in [0.15, 0.2) is 12.2 Å². The van der Waals surface area contributed by atoms with E-state index in [9.17, 15) is 56.9 Å². The van der Waals surface area contributed by atoms with Crippen molar-refractivity contribution in [2.24, 2.45) is 0 Å². The van der Waals surface area contributed by atoms with Gasteiger partial charge in [-0.25, -0.2) is 47.1 Å². The first-order valence-electron chi connectivity index (χ1n) is 37.5. The minimum absolute atomic E-state index is 0.0491. The van der Waals surface area contributed by atoms with Crippen LogP contribution < -0.4 is 5.32 Å². The van der Waals surface area contributed by atoms with E-state index in [1.54, 1.807) is 86.7 Å². The molecule has 26 nitrogen and oxygen atoms in total. The maximum Gasteiger partial charge on any atom is 0.410 e. The monoisotopic (exact) mass is 1600 g/mol. The van der Waals surface area contributed by atoms with E-state index in [2.05, 4.69) is 11.4 Å². The summed E-state index contributed by atoms with van der Waals surface area (Å²) < 4.78 is 92.8. The standard InChI is InChI=1S/C41H53FN2O10.C28H34FNO5.C13H21NO6.CH3BOP/c1-27(52-37(48)41(20-21-41)44(8)38(49)54-39(2,3)4)34(45)43(7)32(25-40(5,6)42)35(46)53-33(36(47)51-26-29-12-10-9-11-13-29)24-28-14-16-30(17-15-28)31-18-22-50-23-19-31;1-28(2,29)18-24(30-3)26(31)35-25(27(32)34-19-21-7-5-4-6-8-21)17-20-9-11-22(12-10-20)23-13-15-33-16-14-23;1-8(9(15)16)19-10(17)13(6-7-13)14(5)11(18)20-12(2,3)4;1-2-4-3/h9-18,27,32-33H,19-26H2,1-8H3;4-13,24-25,30H,14-19H2,1-3H3;8H,6-7H2,1-5H3,(H,15,16);1H3/t27-,32+,33-;24-,25+;8-;/m101./s1. The Morgan fingerprint density at radius 3 is 1.23 bits per heavy atom. The second-order valence-corrected chi connectivity index (χ2v) is 31.8. The molecular formula is C83H111BF2N4O22P. The fourth-order valence-corrected chi connectivity index (χ4v) is 11.5. The predicted molar refractivity (Wildman–Crippen MR) is 418 cm³/mol. The molecule has 2 saturated carbocycles. The first-order valence-corrected chi connectivity index (χ1v) is 38.4. The van der Waals surface area contributed by atoms with Crippen molar-refractivity contribution in [3.05, 3.63) is 155 Å². The van der Waals surface area contributed by atoms with E-state index >= 15 is 4.39 Å². The Hall–Kier alpha value is -9.44. The summed E-state index contributed by atoms with van der Waals surface area (Å²) in [5, 5.41) is 11.5. The second-order valence-electron chi connectivity index (χ2n) is 31.0. The van der Waals surface area contributed by atoms with Gasteiger partial charge in [-0.1, -0.05) is 128 Å². The molecule has 0 saturated heterocycles. The number of hydrogen-bond donors (Lipinski definition) is 2. The van der Waals surface area contributed by atoms with Crippen molar-refractivity contribution in [2.75, 3.05) is 54.6 Å². The topological polar surface area (TPSA) is 322 Å². The Bertz CT molecular complexity index is 3910. The van der Waals surface area contributed by atoms with E-state index in [1.165, 1.54) is 78.1 Å². The molecule has 113 heavy (non-hydrogen) atoms. The SMILES string of the molecule is CN[C@@H](CC(C)(C)F)C(=O)O[C@H](Cc1ccc(C2=CCOCC2)cc1)C(=O)OCc1ccccc1.C[B]P=O.C[C@@H](OC(=O)C1(N(C)C(=O)OC(C)(C)C)CC1)C(=O)N(C)[C@@H](CC(C)(C)F)C(=O)O[C@H](Cc1ccc(C2=CCOCC2)cc1)C(=O)OCc1ccccc1.C[C@@H](OC(=O)C1(N(C)C(=O)OC(C)(C)C)CC1)C(=O)O. The van der Waals surface area contributed by atoms with Crippen molar-refractivity contribution >= 4 is 86.4 Å². The van der Waals surface area contributed by atoms with Crippen LogP contribution in [0.2, 0.25) is 6.82 Å². The van der Waals surface area contributed by atoms with Gasteiger partial charge in [0.2, 0.25) is 19.2 Å². The van der Waals surface area contributed by atoms with E-state index in [1.807, 2.05) is 91.0 Å². The number of carboxylic acids is 1. The summed E-state index contributed by atoms with van der Waals surface area (Å²) >= 11 is 0. The summed E-state index contributed by atoms with van der Waals surface area (Å²) in [5.74, 6) is -6.75. The Morgan fingerprint density at radius 2 is 0.912 bits per heavy atom.